The molecular weight excluding hydrogens is 336 g/mol. The maximum absolute atomic E-state index is 12.0. The van der Waals surface area contributed by atoms with E-state index >= 15 is 0 Å². The predicted molar refractivity (Wildman–Crippen MR) is 97.0 cm³/mol. The summed E-state index contributed by atoms with van der Waals surface area (Å²) in [5.74, 6) is 1.55. The molecule has 3 nitrogen and oxygen atoms in total. The van der Waals surface area contributed by atoms with Crippen LogP contribution in [-0.4, -0.2) is 17.9 Å². The van der Waals surface area contributed by atoms with Crippen molar-refractivity contribution in [2.45, 2.75) is 65.4 Å². The number of carbonyl (C=O) groups is 2. The summed E-state index contributed by atoms with van der Waals surface area (Å²) in [7, 11) is 0. The fourth-order valence-corrected chi connectivity index (χ4v) is 6.88. The molecule has 0 saturated heterocycles. The number of fused-ring (bicyclic) bond motifs is 5. The molecule has 0 bridgehead atoms. The summed E-state index contributed by atoms with van der Waals surface area (Å²) in [5, 5.41) is 0.379. The third-order valence-corrected chi connectivity index (χ3v) is 8.13. The third-order valence-electron chi connectivity index (χ3n) is 7.83. The molecule has 3 saturated carbocycles. The van der Waals surface area contributed by atoms with Crippen molar-refractivity contribution >= 4 is 23.4 Å². The van der Waals surface area contributed by atoms with E-state index in [0.717, 1.165) is 38.5 Å². The largest absolute Gasteiger partial charge is 0.462 e. The van der Waals surface area contributed by atoms with E-state index in [9.17, 15) is 9.59 Å². The number of halogens is 1. The monoisotopic (exact) mass is 362 g/mol. The number of allylic oxidation sites excluding steroid dienone is 4. The highest BCUT2D eigenvalue weighted by atomic mass is 35.5. The van der Waals surface area contributed by atoms with Crippen molar-refractivity contribution < 1.29 is 14.3 Å². The first-order chi connectivity index (χ1) is 11.8. The normalized spacial score (nSPS) is 45.7. The number of ether oxygens (including phenoxy) is 1. The average Bonchev–Trinajstić information content (AvgIpc) is 2.85. The first kappa shape index (κ1) is 17.3. The number of hydrogen-bond acceptors (Lipinski definition) is 3. The van der Waals surface area contributed by atoms with E-state index in [4.69, 9.17) is 16.3 Å². The molecule has 136 valence electrons. The summed E-state index contributed by atoms with van der Waals surface area (Å²) in [4.78, 5) is 23.5. The summed E-state index contributed by atoms with van der Waals surface area (Å²) in [5.41, 5.74) is 1.28. The molecule has 0 N–H and O–H groups in total. The van der Waals surface area contributed by atoms with Crippen LogP contribution in [0.1, 0.15) is 59.3 Å². The van der Waals surface area contributed by atoms with Crippen LogP contribution in [-0.2, 0) is 14.3 Å². The van der Waals surface area contributed by atoms with E-state index in [1.54, 1.807) is 6.08 Å². The van der Waals surface area contributed by atoms with Gasteiger partial charge in [0.15, 0.2) is 5.78 Å². The van der Waals surface area contributed by atoms with E-state index in [0.29, 0.717) is 22.8 Å². The van der Waals surface area contributed by atoms with E-state index in [2.05, 4.69) is 13.8 Å². The average molecular weight is 363 g/mol. The second-order valence-corrected chi connectivity index (χ2v) is 9.35. The van der Waals surface area contributed by atoms with Gasteiger partial charge in [-0.3, -0.25) is 9.59 Å². The van der Waals surface area contributed by atoms with Gasteiger partial charge in [0.05, 0.1) is 5.03 Å². The Bertz CT molecular complexity index is 693. The number of ketones is 1. The van der Waals surface area contributed by atoms with Gasteiger partial charge in [-0.1, -0.05) is 37.1 Å². The maximum atomic E-state index is 12.0. The highest BCUT2D eigenvalue weighted by Crippen LogP contribution is 2.65. The molecule has 4 aliphatic rings. The van der Waals surface area contributed by atoms with Gasteiger partial charge in [-0.05, 0) is 62.4 Å². The zero-order chi connectivity index (χ0) is 18.0. The second-order valence-electron chi connectivity index (χ2n) is 8.94. The van der Waals surface area contributed by atoms with Gasteiger partial charge in [0, 0.05) is 17.8 Å². The van der Waals surface area contributed by atoms with Crippen molar-refractivity contribution in [1.82, 2.24) is 0 Å². The van der Waals surface area contributed by atoms with Crippen LogP contribution in [0.4, 0.5) is 0 Å². The Morgan fingerprint density at radius 3 is 2.68 bits per heavy atom. The Labute approximate surface area is 154 Å². The fourth-order valence-electron chi connectivity index (χ4n) is 6.60. The minimum absolute atomic E-state index is 0.0379. The van der Waals surface area contributed by atoms with Crippen molar-refractivity contribution in [2.24, 2.45) is 28.6 Å². The minimum atomic E-state index is -0.157. The highest BCUT2D eigenvalue weighted by Gasteiger charge is 2.59. The third kappa shape index (κ3) is 2.45. The van der Waals surface area contributed by atoms with Crippen LogP contribution in [0.15, 0.2) is 22.8 Å². The smallest absolute Gasteiger partial charge is 0.302 e. The maximum Gasteiger partial charge on any atom is 0.302 e. The molecule has 0 amide bonds. The van der Waals surface area contributed by atoms with E-state index < -0.39 is 0 Å². The first-order valence-electron chi connectivity index (χ1n) is 9.56. The van der Waals surface area contributed by atoms with Crippen molar-refractivity contribution in [3.63, 3.8) is 0 Å². The van der Waals surface area contributed by atoms with Crippen molar-refractivity contribution in [2.75, 3.05) is 0 Å². The molecule has 0 heterocycles. The highest BCUT2D eigenvalue weighted by molar-refractivity contribution is 6.44. The molecule has 0 aliphatic heterocycles. The lowest BCUT2D eigenvalue weighted by atomic mass is 9.48. The van der Waals surface area contributed by atoms with Crippen LogP contribution >= 0.6 is 11.6 Å². The number of carbonyl (C=O) groups excluding carboxylic acids is 2. The lowest BCUT2D eigenvalue weighted by Crippen LogP contribution is -2.51. The summed E-state index contributed by atoms with van der Waals surface area (Å²) in [6.07, 6.45) is 10.3. The molecule has 0 spiro atoms. The Balaban J connectivity index is 1.65. The topological polar surface area (TPSA) is 43.4 Å². The molecule has 6 atom stereocenters. The summed E-state index contributed by atoms with van der Waals surface area (Å²) in [6, 6.07) is 0. The van der Waals surface area contributed by atoms with Crippen molar-refractivity contribution in [1.29, 1.82) is 0 Å². The lowest BCUT2D eigenvalue weighted by Gasteiger charge is -2.56. The van der Waals surface area contributed by atoms with Gasteiger partial charge in [0.1, 0.15) is 6.10 Å². The van der Waals surface area contributed by atoms with Gasteiger partial charge in [-0.15, -0.1) is 0 Å². The molecule has 4 aliphatic carbocycles. The van der Waals surface area contributed by atoms with Crippen LogP contribution in [0.3, 0.4) is 0 Å². The van der Waals surface area contributed by atoms with E-state index in [1.807, 2.05) is 6.08 Å². The molecule has 0 aromatic carbocycles. The second kappa shape index (κ2) is 5.70. The SMILES string of the molecule is CC(=O)O[C@H]1CC[C@H]2[C@@H]3CCC4=CC(=O)C(Cl)=C[C@]4(C)[C@H]3CC[C@]12C. The van der Waals surface area contributed by atoms with Crippen LogP contribution < -0.4 is 0 Å². The minimum Gasteiger partial charge on any atom is -0.462 e. The van der Waals surface area contributed by atoms with Gasteiger partial charge in [0.2, 0.25) is 0 Å². The van der Waals surface area contributed by atoms with Crippen LogP contribution in [0.5, 0.6) is 0 Å². The molecular formula is C21H27ClO3. The molecule has 0 radical (unpaired) electrons. The van der Waals surface area contributed by atoms with Crippen molar-refractivity contribution in [3.05, 3.63) is 22.8 Å². The molecule has 3 fully saturated rings. The van der Waals surface area contributed by atoms with E-state index in [1.165, 1.54) is 12.5 Å². The Hall–Kier alpha value is -1.09. The zero-order valence-corrected chi connectivity index (χ0v) is 16.1. The van der Waals surface area contributed by atoms with Gasteiger partial charge in [0.25, 0.3) is 0 Å². The Morgan fingerprint density at radius 2 is 1.96 bits per heavy atom. The van der Waals surface area contributed by atoms with Gasteiger partial charge in [-0.25, -0.2) is 0 Å². The molecule has 4 rings (SSSR count). The zero-order valence-electron chi connectivity index (χ0n) is 15.3. The Kier molecular flexibility index (Phi) is 3.95. The molecule has 0 aromatic rings. The molecule has 4 heteroatoms. The predicted octanol–water partition coefficient (Wildman–Crippen LogP) is 4.79. The lowest BCUT2D eigenvalue weighted by molar-refractivity contribution is -0.156. The standard InChI is InChI=1S/C21H27ClO3/c1-12(23)25-19-7-6-15-14-5-4-13-10-18(24)17(22)11-21(13,3)16(14)8-9-20(15,19)2/h10-11,14-16,19H,4-9H2,1-3H3/t14-,15-,16-,19-,20-,21-/m0/s1. The molecule has 0 unspecified atom stereocenters. The van der Waals surface area contributed by atoms with Gasteiger partial charge in [-0.2, -0.15) is 0 Å². The number of hydrogen-bond donors (Lipinski definition) is 0. The summed E-state index contributed by atoms with van der Waals surface area (Å²) < 4.78 is 5.70. The molecule has 25 heavy (non-hydrogen) atoms. The van der Waals surface area contributed by atoms with Crippen LogP contribution in [0.25, 0.3) is 0 Å². The molecule has 0 aromatic heterocycles. The summed E-state index contributed by atoms with van der Waals surface area (Å²) >= 11 is 6.24. The summed E-state index contributed by atoms with van der Waals surface area (Å²) in [6.45, 7) is 6.12. The first-order valence-corrected chi connectivity index (χ1v) is 9.94. The quantitative estimate of drug-likeness (QED) is 0.630. The van der Waals surface area contributed by atoms with Crippen LogP contribution in [0.2, 0.25) is 0 Å². The fraction of sp³-hybridized carbons (Fsp3) is 0.714. The number of esters is 1. The van der Waals surface area contributed by atoms with Gasteiger partial charge >= 0.3 is 5.97 Å². The van der Waals surface area contributed by atoms with Crippen molar-refractivity contribution in [3.8, 4) is 0 Å². The Morgan fingerprint density at radius 1 is 1.20 bits per heavy atom. The van der Waals surface area contributed by atoms with Crippen LogP contribution in [0, 0.1) is 28.6 Å². The number of rotatable bonds is 1. The van der Waals surface area contributed by atoms with Gasteiger partial charge < -0.3 is 4.74 Å². The van der Waals surface area contributed by atoms with E-state index in [-0.39, 0.29) is 28.7 Å².